The maximum atomic E-state index is 13.3. The van der Waals surface area contributed by atoms with Crippen molar-refractivity contribution in [1.82, 2.24) is 9.55 Å². The van der Waals surface area contributed by atoms with Crippen LogP contribution >= 0.6 is 23.4 Å². The molecule has 0 fully saturated rings. The number of nitrogens with zero attached hydrogens (tertiary/aromatic N) is 2. The molecule has 4 nitrogen and oxygen atoms in total. The normalized spacial score (nSPS) is 11.6. The van der Waals surface area contributed by atoms with Crippen molar-refractivity contribution in [1.29, 1.82) is 0 Å². The standard InChI is InChI=1S/C24H19ClF3N3OS/c25-18-10-6-9-17(24(26,27)28)22(18)30-21(32)15-33-23-29-19-11-4-5-12-20(19)31(23)14-13-16-7-2-1-3-8-16/h1-12H,13-15H2,(H,30,32). The highest BCUT2D eigenvalue weighted by molar-refractivity contribution is 7.99. The van der Waals surface area contributed by atoms with Gasteiger partial charge in [-0.25, -0.2) is 4.98 Å². The van der Waals surface area contributed by atoms with Crippen LogP contribution in [-0.2, 0) is 23.9 Å². The number of carbonyl (C=O) groups excluding carboxylic acids is 1. The minimum Gasteiger partial charge on any atom is -0.324 e. The van der Waals surface area contributed by atoms with Crippen LogP contribution in [0.2, 0.25) is 5.02 Å². The predicted molar refractivity (Wildman–Crippen MR) is 126 cm³/mol. The maximum Gasteiger partial charge on any atom is 0.418 e. The minimum absolute atomic E-state index is 0.114. The van der Waals surface area contributed by atoms with Gasteiger partial charge in [0.25, 0.3) is 0 Å². The van der Waals surface area contributed by atoms with Crippen molar-refractivity contribution in [3.63, 3.8) is 0 Å². The largest absolute Gasteiger partial charge is 0.418 e. The number of aryl methyl sites for hydroxylation is 2. The molecule has 0 bridgehead atoms. The molecule has 1 amide bonds. The molecule has 1 aromatic heterocycles. The monoisotopic (exact) mass is 489 g/mol. The van der Waals surface area contributed by atoms with Crippen LogP contribution in [0.5, 0.6) is 0 Å². The Labute approximate surface area is 197 Å². The average molecular weight is 490 g/mol. The van der Waals surface area contributed by atoms with Crippen molar-refractivity contribution in [2.75, 3.05) is 11.1 Å². The van der Waals surface area contributed by atoms with Crippen LogP contribution in [0.4, 0.5) is 18.9 Å². The van der Waals surface area contributed by atoms with Crippen LogP contribution in [0.1, 0.15) is 11.1 Å². The van der Waals surface area contributed by atoms with E-state index in [0.717, 1.165) is 23.5 Å². The molecule has 0 spiro atoms. The zero-order valence-corrected chi connectivity index (χ0v) is 18.8. The molecule has 0 saturated heterocycles. The van der Waals surface area contributed by atoms with Crippen molar-refractivity contribution < 1.29 is 18.0 Å². The quantitative estimate of drug-likeness (QED) is 0.294. The van der Waals surface area contributed by atoms with Gasteiger partial charge in [0.15, 0.2) is 5.16 Å². The molecule has 0 aliphatic carbocycles. The number of alkyl halides is 3. The SMILES string of the molecule is O=C(CSc1nc2ccccc2n1CCc1ccccc1)Nc1c(Cl)cccc1C(F)(F)F. The Hall–Kier alpha value is -2.97. The van der Waals surface area contributed by atoms with Gasteiger partial charge in [0.1, 0.15) is 0 Å². The Morgan fingerprint density at radius 3 is 2.48 bits per heavy atom. The first-order chi connectivity index (χ1) is 15.8. The van der Waals surface area contributed by atoms with E-state index in [1.807, 2.05) is 59.2 Å². The van der Waals surface area contributed by atoms with E-state index in [-0.39, 0.29) is 10.8 Å². The Morgan fingerprint density at radius 1 is 1.00 bits per heavy atom. The topological polar surface area (TPSA) is 46.9 Å². The molecule has 0 unspecified atom stereocenters. The Bertz CT molecular complexity index is 1280. The number of thioether (sulfide) groups is 1. The van der Waals surface area contributed by atoms with Gasteiger partial charge in [0.2, 0.25) is 5.91 Å². The minimum atomic E-state index is -4.63. The summed E-state index contributed by atoms with van der Waals surface area (Å²) in [5.41, 5.74) is 1.47. The first-order valence-corrected chi connectivity index (χ1v) is 11.5. The number of nitrogens with one attached hydrogen (secondary N) is 1. The molecule has 4 rings (SSSR count). The van der Waals surface area contributed by atoms with Gasteiger partial charge in [-0.05, 0) is 36.2 Å². The molecule has 0 saturated carbocycles. The molecular formula is C24H19ClF3N3OS. The lowest BCUT2D eigenvalue weighted by molar-refractivity contribution is -0.137. The highest BCUT2D eigenvalue weighted by Crippen LogP contribution is 2.38. The summed E-state index contributed by atoms with van der Waals surface area (Å²) in [5.74, 6) is -0.711. The molecule has 0 radical (unpaired) electrons. The highest BCUT2D eigenvalue weighted by atomic mass is 35.5. The molecule has 0 atom stereocenters. The van der Waals surface area contributed by atoms with E-state index < -0.39 is 23.3 Å². The molecule has 1 heterocycles. The number of benzene rings is 3. The van der Waals surface area contributed by atoms with E-state index >= 15 is 0 Å². The summed E-state index contributed by atoms with van der Waals surface area (Å²) in [7, 11) is 0. The number of imidazole rings is 1. The van der Waals surface area contributed by atoms with Gasteiger partial charge < -0.3 is 9.88 Å². The molecule has 3 aromatic carbocycles. The maximum absolute atomic E-state index is 13.3. The molecule has 4 aromatic rings. The third kappa shape index (κ3) is 5.51. The van der Waals surface area contributed by atoms with Gasteiger partial charge in [-0.2, -0.15) is 13.2 Å². The first-order valence-electron chi connectivity index (χ1n) is 10.1. The summed E-state index contributed by atoms with van der Waals surface area (Å²) >= 11 is 7.11. The molecule has 0 aliphatic heterocycles. The number of carbonyl (C=O) groups is 1. The fraction of sp³-hybridized carbons (Fsp3) is 0.167. The number of fused-ring (bicyclic) bond motifs is 1. The van der Waals surface area contributed by atoms with Gasteiger partial charge in [-0.15, -0.1) is 0 Å². The predicted octanol–water partition coefficient (Wildman–Crippen LogP) is 6.68. The van der Waals surface area contributed by atoms with Crippen molar-refractivity contribution in [2.24, 2.45) is 0 Å². The third-order valence-electron chi connectivity index (χ3n) is 5.00. The van der Waals surface area contributed by atoms with Crippen molar-refractivity contribution in [3.8, 4) is 0 Å². The van der Waals surface area contributed by atoms with Crippen molar-refractivity contribution in [3.05, 3.63) is 88.9 Å². The van der Waals surface area contributed by atoms with Crippen LogP contribution in [-0.4, -0.2) is 21.2 Å². The highest BCUT2D eigenvalue weighted by Gasteiger charge is 2.34. The zero-order chi connectivity index (χ0) is 23.4. The Balaban J connectivity index is 1.51. The lowest BCUT2D eigenvalue weighted by Crippen LogP contribution is -2.19. The number of anilines is 1. The first kappa shape index (κ1) is 23.2. The van der Waals surface area contributed by atoms with Crippen LogP contribution in [0.15, 0.2) is 78.0 Å². The number of aromatic nitrogens is 2. The number of para-hydroxylation sites is 3. The van der Waals surface area contributed by atoms with Gasteiger partial charge in [0, 0.05) is 6.54 Å². The second-order valence-corrected chi connectivity index (χ2v) is 8.62. The van der Waals surface area contributed by atoms with E-state index in [1.165, 1.54) is 29.5 Å². The van der Waals surface area contributed by atoms with E-state index in [2.05, 4.69) is 10.3 Å². The zero-order valence-electron chi connectivity index (χ0n) is 17.3. The summed E-state index contributed by atoms with van der Waals surface area (Å²) in [5, 5.41) is 2.77. The second-order valence-electron chi connectivity index (χ2n) is 7.27. The van der Waals surface area contributed by atoms with Crippen molar-refractivity contribution in [2.45, 2.75) is 24.3 Å². The van der Waals surface area contributed by atoms with E-state index in [0.29, 0.717) is 11.7 Å². The second kappa shape index (κ2) is 9.89. The summed E-state index contributed by atoms with van der Waals surface area (Å²) in [6.07, 6.45) is -3.86. The Morgan fingerprint density at radius 2 is 1.73 bits per heavy atom. The van der Waals surface area contributed by atoms with Gasteiger partial charge >= 0.3 is 6.18 Å². The van der Waals surface area contributed by atoms with Crippen LogP contribution < -0.4 is 5.32 Å². The summed E-state index contributed by atoms with van der Waals surface area (Å²) in [4.78, 5) is 17.1. The number of hydrogen-bond donors (Lipinski definition) is 1. The molecule has 33 heavy (non-hydrogen) atoms. The summed E-state index contributed by atoms with van der Waals surface area (Å²) in [6.45, 7) is 0.650. The fourth-order valence-corrected chi connectivity index (χ4v) is 4.52. The molecule has 170 valence electrons. The number of hydrogen-bond acceptors (Lipinski definition) is 3. The average Bonchev–Trinajstić information content (AvgIpc) is 3.15. The smallest absolute Gasteiger partial charge is 0.324 e. The number of halogens is 4. The fourth-order valence-electron chi connectivity index (χ4n) is 3.46. The lowest BCUT2D eigenvalue weighted by Gasteiger charge is -2.15. The molecule has 1 N–H and O–H groups in total. The molecule has 0 aliphatic rings. The Kier molecular flexibility index (Phi) is 6.95. The van der Waals surface area contributed by atoms with Gasteiger partial charge in [-0.3, -0.25) is 4.79 Å². The van der Waals surface area contributed by atoms with Crippen molar-refractivity contribution >= 4 is 46.0 Å². The van der Waals surface area contributed by atoms with E-state index in [9.17, 15) is 18.0 Å². The van der Waals surface area contributed by atoms with E-state index in [4.69, 9.17) is 11.6 Å². The molecular weight excluding hydrogens is 471 g/mol. The van der Waals surface area contributed by atoms with Gasteiger partial charge in [0.05, 0.1) is 33.1 Å². The van der Waals surface area contributed by atoms with E-state index in [1.54, 1.807) is 0 Å². The van der Waals surface area contributed by atoms with Crippen LogP contribution in [0.25, 0.3) is 11.0 Å². The van der Waals surface area contributed by atoms with Crippen LogP contribution in [0, 0.1) is 0 Å². The summed E-state index contributed by atoms with van der Waals surface area (Å²) in [6, 6.07) is 21.0. The lowest BCUT2D eigenvalue weighted by atomic mass is 10.1. The molecule has 9 heteroatoms. The third-order valence-corrected chi connectivity index (χ3v) is 6.29. The summed E-state index contributed by atoms with van der Waals surface area (Å²) < 4.78 is 41.9. The number of amides is 1. The van der Waals surface area contributed by atoms with Gasteiger partial charge in [-0.1, -0.05) is 71.9 Å². The number of rotatable bonds is 7. The van der Waals surface area contributed by atoms with Crippen LogP contribution in [0.3, 0.4) is 0 Å².